The summed E-state index contributed by atoms with van der Waals surface area (Å²) in [4.78, 5) is 7.02. The maximum absolute atomic E-state index is 6.02. The van der Waals surface area contributed by atoms with Crippen LogP contribution in [-0.4, -0.2) is 29.0 Å². The zero-order valence-electron chi connectivity index (χ0n) is 12.3. The maximum Gasteiger partial charge on any atom is 0.0412 e. The van der Waals surface area contributed by atoms with Crippen LogP contribution in [0.4, 0.5) is 0 Å². The predicted molar refractivity (Wildman–Crippen MR) is 83.5 cm³/mol. The SMILES string of the molecule is CC(C)N1CCC(CN)C1c1cncc2ccccc12. The molecule has 0 radical (unpaired) electrons. The minimum absolute atomic E-state index is 0.401. The molecule has 0 amide bonds. The third-order valence-electron chi connectivity index (χ3n) is 4.55. The van der Waals surface area contributed by atoms with Crippen molar-refractivity contribution < 1.29 is 0 Å². The molecular weight excluding hydrogens is 246 g/mol. The summed E-state index contributed by atoms with van der Waals surface area (Å²) < 4.78 is 0. The van der Waals surface area contributed by atoms with Crippen LogP contribution in [0.1, 0.15) is 31.9 Å². The molecule has 0 saturated carbocycles. The molecule has 1 aromatic heterocycles. The van der Waals surface area contributed by atoms with Crippen LogP contribution < -0.4 is 5.73 Å². The maximum atomic E-state index is 6.02. The third-order valence-corrected chi connectivity index (χ3v) is 4.55. The van der Waals surface area contributed by atoms with E-state index in [4.69, 9.17) is 5.73 Å². The lowest BCUT2D eigenvalue weighted by atomic mass is 9.91. The molecule has 1 aliphatic heterocycles. The molecule has 106 valence electrons. The number of likely N-dealkylation sites (tertiary alicyclic amines) is 1. The number of nitrogens with zero attached hydrogens (tertiary/aromatic N) is 2. The molecule has 2 aromatic rings. The Morgan fingerprint density at radius 1 is 1.30 bits per heavy atom. The van der Waals surface area contributed by atoms with Gasteiger partial charge in [-0.1, -0.05) is 24.3 Å². The molecule has 20 heavy (non-hydrogen) atoms. The van der Waals surface area contributed by atoms with Gasteiger partial charge in [0.25, 0.3) is 0 Å². The summed E-state index contributed by atoms with van der Waals surface area (Å²) >= 11 is 0. The second kappa shape index (κ2) is 5.51. The van der Waals surface area contributed by atoms with Crippen LogP contribution >= 0.6 is 0 Å². The largest absolute Gasteiger partial charge is 0.330 e. The summed E-state index contributed by atoms with van der Waals surface area (Å²) in [5.74, 6) is 0.532. The van der Waals surface area contributed by atoms with Gasteiger partial charge in [-0.25, -0.2) is 0 Å². The van der Waals surface area contributed by atoms with Gasteiger partial charge in [0.05, 0.1) is 0 Å². The molecule has 0 aliphatic carbocycles. The predicted octanol–water partition coefficient (Wildman–Crippen LogP) is 2.96. The second-order valence-corrected chi connectivity index (χ2v) is 6.01. The molecule has 1 saturated heterocycles. The van der Waals surface area contributed by atoms with Crippen molar-refractivity contribution in [3.05, 3.63) is 42.2 Å². The molecule has 0 spiro atoms. The van der Waals surface area contributed by atoms with Crippen LogP contribution in [0.2, 0.25) is 0 Å². The smallest absolute Gasteiger partial charge is 0.0412 e. The van der Waals surface area contributed by atoms with E-state index in [9.17, 15) is 0 Å². The van der Waals surface area contributed by atoms with Crippen LogP contribution in [0, 0.1) is 5.92 Å². The van der Waals surface area contributed by atoms with Gasteiger partial charge in [0.1, 0.15) is 0 Å². The van der Waals surface area contributed by atoms with Crippen molar-refractivity contribution in [3.8, 4) is 0 Å². The standard InChI is InChI=1S/C17H23N3/c1-12(2)20-8-7-13(9-18)17(20)16-11-19-10-14-5-3-4-6-15(14)16/h3-6,10-13,17H,7-9,18H2,1-2H3. The van der Waals surface area contributed by atoms with Gasteiger partial charge in [0.2, 0.25) is 0 Å². The number of fused-ring (bicyclic) bond motifs is 1. The molecule has 3 nitrogen and oxygen atoms in total. The first-order valence-corrected chi connectivity index (χ1v) is 7.51. The van der Waals surface area contributed by atoms with E-state index in [2.05, 4.69) is 48.0 Å². The van der Waals surface area contributed by atoms with E-state index < -0.39 is 0 Å². The topological polar surface area (TPSA) is 42.1 Å². The molecule has 0 bridgehead atoms. The number of aromatic nitrogens is 1. The van der Waals surface area contributed by atoms with Crippen molar-refractivity contribution in [2.24, 2.45) is 11.7 Å². The molecule has 1 aromatic carbocycles. The first-order chi connectivity index (χ1) is 9.72. The molecule has 1 aliphatic rings. The highest BCUT2D eigenvalue weighted by Crippen LogP contribution is 2.40. The normalized spacial score (nSPS) is 23.8. The number of pyridine rings is 1. The van der Waals surface area contributed by atoms with Gasteiger partial charge in [0.15, 0.2) is 0 Å². The fourth-order valence-electron chi connectivity index (χ4n) is 3.52. The summed E-state index contributed by atoms with van der Waals surface area (Å²) in [6, 6.07) is 9.46. The van der Waals surface area contributed by atoms with Crippen LogP contribution in [0.25, 0.3) is 10.8 Å². The van der Waals surface area contributed by atoms with Gasteiger partial charge in [-0.3, -0.25) is 9.88 Å². The molecule has 2 atom stereocenters. The summed E-state index contributed by atoms with van der Waals surface area (Å²) in [6.07, 6.45) is 5.17. The number of hydrogen-bond donors (Lipinski definition) is 1. The zero-order chi connectivity index (χ0) is 14.1. The second-order valence-electron chi connectivity index (χ2n) is 6.01. The van der Waals surface area contributed by atoms with Crippen LogP contribution in [0.5, 0.6) is 0 Å². The molecule has 2 heterocycles. The lowest BCUT2D eigenvalue weighted by Crippen LogP contribution is -2.33. The molecule has 2 N–H and O–H groups in total. The molecule has 2 unspecified atom stereocenters. The molecular formula is C17H23N3. The van der Waals surface area contributed by atoms with E-state index in [0.717, 1.165) is 13.1 Å². The van der Waals surface area contributed by atoms with Crippen molar-refractivity contribution in [1.29, 1.82) is 0 Å². The Kier molecular flexibility index (Phi) is 3.72. The third kappa shape index (κ3) is 2.21. The van der Waals surface area contributed by atoms with E-state index >= 15 is 0 Å². The average Bonchev–Trinajstić information content (AvgIpc) is 2.90. The first kappa shape index (κ1) is 13.5. The minimum atomic E-state index is 0.401. The van der Waals surface area contributed by atoms with Gasteiger partial charge in [-0.2, -0.15) is 0 Å². The Morgan fingerprint density at radius 2 is 2.10 bits per heavy atom. The summed E-state index contributed by atoms with van der Waals surface area (Å²) in [5, 5.41) is 2.54. The monoisotopic (exact) mass is 269 g/mol. The Bertz CT molecular complexity index is 588. The van der Waals surface area contributed by atoms with Crippen LogP contribution in [0.3, 0.4) is 0 Å². The highest BCUT2D eigenvalue weighted by atomic mass is 15.2. The highest BCUT2D eigenvalue weighted by molar-refractivity contribution is 5.85. The number of hydrogen-bond acceptors (Lipinski definition) is 3. The Balaban J connectivity index is 2.11. The number of nitrogens with two attached hydrogens (primary N) is 1. The first-order valence-electron chi connectivity index (χ1n) is 7.51. The van der Waals surface area contributed by atoms with Crippen LogP contribution in [-0.2, 0) is 0 Å². The van der Waals surface area contributed by atoms with Crippen molar-refractivity contribution >= 4 is 10.8 Å². The molecule has 3 heteroatoms. The lowest BCUT2D eigenvalue weighted by Gasteiger charge is -2.31. The van der Waals surface area contributed by atoms with Gasteiger partial charge < -0.3 is 5.73 Å². The Morgan fingerprint density at radius 3 is 2.85 bits per heavy atom. The quantitative estimate of drug-likeness (QED) is 0.931. The van der Waals surface area contributed by atoms with E-state index in [1.165, 1.54) is 22.8 Å². The van der Waals surface area contributed by atoms with Crippen molar-refractivity contribution in [2.75, 3.05) is 13.1 Å². The zero-order valence-corrected chi connectivity index (χ0v) is 12.3. The minimum Gasteiger partial charge on any atom is -0.330 e. The van der Waals surface area contributed by atoms with Crippen LogP contribution in [0.15, 0.2) is 36.7 Å². The molecule has 3 rings (SSSR count). The lowest BCUT2D eigenvalue weighted by molar-refractivity contribution is 0.185. The van der Waals surface area contributed by atoms with Gasteiger partial charge in [-0.05, 0) is 50.2 Å². The van der Waals surface area contributed by atoms with Gasteiger partial charge in [0, 0.05) is 29.9 Å². The Hall–Kier alpha value is -1.45. The van der Waals surface area contributed by atoms with Crippen molar-refractivity contribution in [2.45, 2.75) is 32.4 Å². The Labute approximate surface area is 120 Å². The fraction of sp³-hybridized carbons (Fsp3) is 0.471. The summed E-state index contributed by atoms with van der Waals surface area (Å²) in [7, 11) is 0. The number of rotatable bonds is 3. The number of benzene rings is 1. The average molecular weight is 269 g/mol. The molecule has 1 fully saturated rings. The summed E-state index contributed by atoms with van der Waals surface area (Å²) in [5.41, 5.74) is 7.36. The van der Waals surface area contributed by atoms with Crippen molar-refractivity contribution in [3.63, 3.8) is 0 Å². The van der Waals surface area contributed by atoms with E-state index in [-0.39, 0.29) is 0 Å². The fourth-order valence-corrected chi connectivity index (χ4v) is 3.52. The summed E-state index contributed by atoms with van der Waals surface area (Å²) in [6.45, 7) is 6.42. The van der Waals surface area contributed by atoms with Crippen molar-refractivity contribution in [1.82, 2.24) is 9.88 Å². The van der Waals surface area contributed by atoms with E-state index in [0.29, 0.717) is 18.0 Å². The van der Waals surface area contributed by atoms with Gasteiger partial charge >= 0.3 is 0 Å². The van der Waals surface area contributed by atoms with E-state index in [1.54, 1.807) is 0 Å². The van der Waals surface area contributed by atoms with Gasteiger partial charge in [-0.15, -0.1) is 0 Å². The highest BCUT2D eigenvalue weighted by Gasteiger charge is 2.36. The van der Waals surface area contributed by atoms with E-state index in [1.807, 2.05) is 12.4 Å².